The molecule has 0 aliphatic heterocycles. The van der Waals surface area contributed by atoms with Gasteiger partial charge in [0.15, 0.2) is 0 Å². The van der Waals surface area contributed by atoms with Gasteiger partial charge < -0.3 is 4.57 Å². The molecule has 0 saturated carbocycles. The van der Waals surface area contributed by atoms with Gasteiger partial charge in [0.1, 0.15) is 11.3 Å². The normalized spacial score (nSPS) is 11.8. The molecule has 0 amide bonds. The summed E-state index contributed by atoms with van der Waals surface area (Å²) in [5.74, 6) is -0.234. The predicted octanol–water partition coefficient (Wildman–Crippen LogP) is 3.54. The van der Waals surface area contributed by atoms with Crippen LogP contribution in [0.5, 0.6) is 0 Å². The first-order valence-electron chi connectivity index (χ1n) is 5.01. The summed E-state index contributed by atoms with van der Waals surface area (Å²) in [5, 5.41) is 8.89. The van der Waals surface area contributed by atoms with E-state index in [0.717, 1.165) is 15.5 Å². The molecule has 0 unspecified atom stereocenters. The zero-order valence-electron chi connectivity index (χ0n) is 9.11. The molecular formula is C12H9BrFN3. The quantitative estimate of drug-likeness (QED) is 0.850. The number of nitriles is 1. The molecule has 0 aliphatic carbocycles. The number of aromatic nitrogens is 2. The number of nitrogens with zero attached hydrogens (tertiary/aromatic N) is 3. The van der Waals surface area contributed by atoms with Crippen LogP contribution in [0.15, 0.2) is 34.8 Å². The smallest absolute Gasteiger partial charge is 0.115 e. The second-order valence-corrected chi connectivity index (χ2v) is 4.40. The standard InChI is InChI=1S/C12H9BrFN3/c1-2-9(14)6-17-7-16-12-10(13)3-8(5-15)4-11(12)17/h2-4,7H,6H2,1H3. The Bertz CT molecular complexity index is 637. The number of rotatable bonds is 2. The first kappa shape index (κ1) is 11.8. The van der Waals surface area contributed by atoms with Gasteiger partial charge in [-0.3, -0.25) is 0 Å². The highest BCUT2D eigenvalue weighted by Crippen LogP contribution is 2.25. The minimum atomic E-state index is -0.234. The monoisotopic (exact) mass is 293 g/mol. The fourth-order valence-electron chi connectivity index (χ4n) is 1.57. The molecule has 0 fully saturated rings. The Morgan fingerprint density at radius 1 is 1.65 bits per heavy atom. The van der Waals surface area contributed by atoms with Crippen molar-refractivity contribution >= 4 is 27.0 Å². The third-order valence-electron chi connectivity index (χ3n) is 2.44. The van der Waals surface area contributed by atoms with Crippen LogP contribution in [0, 0.1) is 11.3 Å². The van der Waals surface area contributed by atoms with Crippen LogP contribution in [0.1, 0.15) is 12.5 Å². The minimum Gasteiger partial charge on any atom is -0.324 e. The van der Waals surface area contributed by atoms with E-state index in [9.17, 15) is 4.39 Å². The molecule has 1 aromatic heterocycles. The molecule has 2 rings (SSSR count). The second kappa shape index (κ2) is 4.68. The average Bonchev–Trinajstić information content (AvgIpc) is 2.72. The summed E-state index contributed by atoms with van der Waals surface area (Å²) in [4.78, 5) is 4.19. The Morgan fingerprint density at radius 2 is 2.41 bits per heavy atom. The van der Waals surface area contributed by atoms with Crippen molar-refractivity contribution < 1.29 is 4.39 Å². The minimum absolute atomic E-state index is 0.133. The average molecular weight is 294 g/mol. The number of hydrogen-bond acceptors (Lipinski definition) is 2. The van der Waals surface area contributed by atoms with Crippen molar-refractivity contribution in [3.05, 3.63) is 40.4 Å². The number of benzene rings is 1. The molecule has 1 heterocycles. The third kappa shape index (κ3) is 2.22. The van der Waals surface area contributed by atoms with Crippen LogP contribution in [0.25, 0.3) is 11.0 Å². The Kier molecular flexibility index (Phi) is 3.25. The zero-order chi connectivity index (χ0) is 12.4. The van der Waals surface area contributed by atoms with E-state index >= 15 is 0 Å². The zero-order valence-corrected chi connectivity index (χ0v) is 10.7. The van der Waals surface area contributed by atoms with Crippen LogP contribution in [0.3, 0.4) is 0 Å². The van der Waals surface area contributed by atoms with E-state index in [-0.39, 0.29) is 12.4 Å². The number of imidazole rings is 1. The van der Waals surface area contributed by atoms with Gasteiger partial charge in [-0.25, -0.2) is 9.37 Å². The molecule has 5 heteroatoms. The van der Waals surface area contributed by atoms with Crippen molar-refractivity contribution in [2.24, 2.45) is 0 Å². The topological polar surface area (TPSA) is 41.6 Å². The van der Waals surface area contributed by atoms with Crippen LogP contribution in [0.4, 0.5) is 4.39 Å². The molecule has 0 N–H and O–H groups in total. The fourth-order valence-corrected chi connectivity index (χ4v) is 2.12. The summed E-state index contributed by atoms with van der Waals surface area (Å²) >= 11 is 3.35. The lowest BCUT2D eigenvalue weighted by atomic mass is 10.2. The van der Waals surface area contributed by atoms with Crippen LogP contribution in [0.2, 0.25) is 0 Å². The van der Waals surface area contributed by atoms with Gasteiger partial charge in [0, 0.05) is 4.47 Å². The van der Waals surface area contributed by atoms with E-state index < -0.39 is 0 Å². The first-order chi connectivity index (χ1) is 8.15. The van der Waals surface area contributed by atoms with Crippen LogP contribution in [-0.4, -0.2) is 9.55 Å². The van der Waals surface area contributed by atoms with Gasteiger partial charge in [-0.1, -0.05) is 6.08 Å². The fraction of sp³-hybridized carbons (Fsp3) is 0.167. The molecule has 17 heavy (non-hydrogen) atoms. The molecule has 1 aromatic carbocycles. The number of fused-ring (bicyclic) bond motifs is 1. The highest BCUT2D eigenvalue weighted by Gasteiger charge is 2.09. The Balaban J connectivity index is 2.59. The molecule has 0 spiro atoms. The number of halogens is 2. The lowest BCUT2D eigenvalue weighted by Crippen LogP contribution is -1.96. The van der Waals surface area contributed by atoms with Crippen molar-refractivity contribution in [3.8, 4) is 6.07 Å². The third-order valence-corrected chi connectivity index (χ3v) is 3.05. The molecule has 2 aromatic rings. The maximum Gasteiger partial charge on any atom is 0.115 e. The Hall–Kier alpha value is -1.67. The van der Waals surface area contributed by atoms with Gasteiger partial charge >= 0.3 is 0 Å². The van der Waals surface area contributed by atoms with Gasteiger partial charge in [0.05, 0.1) is 30.0 Å². The van der Waals surface area contributed by atoms with Crippen LogP contribution in [-0.2, 0) is 6.54 Å². The van der Waals surface area contributed by atoms with E-state index in [0.29, 0.717) is 5.56 Å². The largest absolute Gasteiger partial charge is 0.324 e. The summed E-state index contributed by atoms with van der Waals surface area (Å²) < 4.78 is 15.7. The van der Waals surface area contributed by atoms with Crippen LogP contribution >= 0.6 is 15.9 Å². The van der Waals surface area contributed by atoms with E-state index in [1.54, 1.807) is 30.0 Å². The molecule has 0 saturated heterocycles. The van der Waals surface area contributed by atoms with Gasteiger partial charge in [-0.2, -0.15) is 5.26 Å². The molecular weight excluding hydrogens is 285 g/mol. The van der Waals surface area contributed by atoms with Gasteiger partial charge in [-0.15, -0.1) is 0 Å². The second-order valence-electron chi connectivity index (χ2n) is 3.55. The van der Waals surface area contributed by atoms with Gasteiger partial charge in [0.25, 0.3) is 0 Å². The van der Waals surface area contributed by atoms with Crippen molar-refractivity contribution in [2.75, 3.05) is 0 Å². The van der Waals surface area contributed by atoms with Crippen molar-refractivity contribution in [1.82, 2.24) is 9.55 Å². The van der Waals surface area contributed by atoms with Crippen molar-refractivity contribution in [1.29, 1.82) is 5.26 Å². The summed E-state index contributed by atoms with van der Waals surface area (Å²) in [7, 11) is 0. The predicted molar refractivity (Wildman–Crippen MR) is 67.0 cm³/mol. The molecule has 86 valence electrons. The highest BCUT2D eigenvalue weighted by molar-refractivity contribution is 9.10. The highest BCUT2D eigenvalue weighted by atomic mass is 79.9. The Morgan fingerprint density at radius 3 is 3.06 bits per heavy atom. The van der Waals surface area contributed by atoms with Gasteiger partial charge in [-0.05, 0) is 35.0 Å². The van der Waals surface area contributed by atoms with Crippen LogP contribution < -0.4 is 0 Å². The SMILES string of the molecule is CC=C(F)Cn1cnc2c(Br)cc(C#N)cc21. The maximum absolute atomic E-state index is 13.2. The molecule has 0 bridgehead atoms. The summed E-state index contributed by atoms with van der Waals surface area (Å²) in [6.45, 7) is 1.78. The summed E-state index contributed by atoms with van der Waals surface area (Å²) in [5.41, 5.74) is 1.99. The summed E-state index contributed by atoms with van der Waals surface area (Å²) in [6, 6.07) is 5.47. The number of allylic oxidation sites excluding steroid dienone is 2. The number of hydrogen-bond donors (Lipinski definition) is 0. The van der Waals surface area contributed by atoms with E-state index in [1.807, 2.05) is 0 Å². The lowest BCUT2D eigenvalue weighted by Gasteiger charge is -2.02. The molecule has 0 atom stereocenters. The van der Waals surface area contributed by atoms with Crippen molar-refractivity contribution in [2.45, 2.75) is 13.5 Å². The molecule has 0 aliphatic rings. The van der Waals surface area contributed by atoms with E-state index in [4.69, 9.17) is 5.26 Å². The van der Waals surface area contributed by atoms with Gasteiger partial charge in [0.2, 0.25) is 0 Å². The Labute approximate surface area is 106 Å². The molecule has 0 radical (unpaired) electrons. The first-order valence-corrected chi connectivity index (χ1v) is 5.80. The van der Waals surface area contributed by atoms with Crippen molar-refractivity contribution in [3.63, 3.8) is 0 Å². The summed E-state index contributed by atoms with van der Waals surface area (Å²) in [6.07, 6.45) is 2.98. The van der Waals surface area contributed by atoms with E-state index in [2.05, 4.69) is 27.0 Å². The molecule has 3 nitrogen and oxygen atoms in total. The lowest BCUT2D eigenvalue weighted by molar-refractivity contribution is 0.559. The maximum atomic E-state index is 13.2. The van der Waals surface area contributed by atoms with E-state index in [1.165, 1.54) is 6.08 Å².